The van der Waals surface area contributed by atoms with Crippen LogP contribution in [0, 0.1) is 12.2 Å². The second-order valence-corrected chi connectivity index (χ2v) is 2.01. The fourth-order valence-corrected chi connectivity index (χ4v) is 0.680. The maximum atomic E-state index is 2.99. The summed E-state index contributed by atoms with van der Waals surface area (Å²) in [6.45, 7) is 0. The molecule has 0 aromatic rings. The molecule has 0 fully saturated rings. The Bertz CT molecular complexity index is 148. The summed E-state index contributed by atoms with van der Waals surface area (Å²) in [7, 11) is 0. The van der Waals surface area contributed by atoms with E-state index >= 15 is 0 Å². The average molecular weight is 316 g/mol. The third-order valence-electron chi connectivity index (χ3n) is 1.17. The Labute approximate surface area is 102 Å². The summed E-state index contributed by atoms with van der Waals surface area (Å²) < 4.78 is 0. The summed E-state index contributed by atoms with van der Waals surface area (Å²) in [6.07, 6.45) is 20.0. The van der Waals surface area contributed by atoms with Gasteiger partial charge < -0.3 is 24.0 Å². The fraction of sp³-hybridized carbons (Fsp3) is 0.200. The number of hydrogen-bond donors (Lipinski definition) is 0. The molecule has 0 unspecified atom stereocenters. The first-order valence-corrected chi connectivity index (χ1v) is 3.43. The Kier molecular flexibility index (Phi) is 13.7. The summed E-state index contributed by atoms with van der Waals surface area (Å²) in [5.41, 5.74) is 0. The van der Waals surface area contributed by atoms with E-state index in [-0.39, 0.29) is 40.8 Å². The fourth-order valence-electron chi connectivity index (χ4n) is 0.680. The van der Waals surface area contributed by atoms with Crippen LogP contribution in [0.3, 0.4) is 0 Å². The van der Waals surface area contributed by atoms with Gasteiger partial charge >= 0.3 is 16.8 Å². The maximum Gasteiger partial charge on any atom is 2.00 e. The minimum Gasteiger partial charge on any atom is -1.00 e. The second kappa shape index (κ2) is 11.2. The molecule has 0 atom stereocenters. The summed E-state index contributed by atoms with van der Waals surface area (Å²) in [5.74, 6) is 0. The van der Waals surface area contributed by atoms with Crippen LogP contribution >= 0.6 is 0 Å². The van der Waals surface area contributed by atoms with E-state index in [1.54, 1.807) is 0 Å². The molecule has 2 aliphatic rings. The largest absolute Gasteiger partial charge is 2.00 e. The molecule has 0 aromatic carbocycles. The summed E-state index contributed by atoms with van der Waals surface area (Å²) >= 11 is 0. The Balaban J connectivity index is 0. The molecule has 2 rings (SSSR count). The van der Waals surface area contributed by atoms with Crippen molar-refractivity contribution in [2.24, 2.45) is 0 Å². The standard InChI is InChI=1S/2C5H5.Co.HI/c2*1-2-4-5-3-1;;/h2*1-3H,4H2;;1H/q2*-1;+2;/p-1. The van der Waals surface area contributed by atoms with Crippen molar-refractivity contribution in [1.29, 1.82) is 0 Å². The molecule has 0 bridgehead atoms. The third-order valence-corrected chi connectivity index (χ3v) is 1.17. The van der Waals surface area contributed by atoms with Gasteiger partial charge in [0.1, 0.15) is 0 Å². The van der Waals surface area contributed by atoms with Gasteiger partial charge in [0.15, 0.2) is 0 Å². The van der Waals surface area contributed by atoms with Gasteiger partial charge in [-0.15, -0.1) is 12.8 Å². The van der Waals surface area contributed by atoms with E-state index in [1.807, 2.05) is 24.3 Å². The van der Waals surface area contributed by atoms with Crippen LogP contribution in [0.15, 0.2) is 36.5 Å². The normalized spacial score (nSPS) is 14.7. The smallest absolute Gasteiger partial charge is 1.00 e. The quantitative estimate of drug-likeness (QED) is 0.422. The zero-order valence-corrected chi connectivity index (χ0v) is 9.79. The van der Waals surface area contributed by atoms with Crippen molar-refractivity contribution in [2.75, 3.05) is 0 Å². The van der Waals surface area contributed by atoms with Gasteiger partial charge in [0.05, 0.1) is 0 Å². The molecule has 0 aliphatic heterocycles. The first kappa shape index (κ1) is 14.7. The Morgan fingerprint density at radius 1 is 0.833 bits per heavy atom. The predicted molar refractivity (Wildman–Crippen MR) is 43.1 cm³/mol. The van der Waals surface area contributed by atoms with Crippen molar-refractivity contribution in [2.45, 2.75) is 12.8 Å². The zero-order chi connectivity index (χ0) is 7.07. The molecule has 12 heavy (non-hydrogen) atoms. The average Bonchev–Trinajstić information content (AvgIpc) is 2.67. The van der Waals surface area contributed by atoms with Crippen LogP contribution in [0.5, 0.6) is 0 Å². The molecule has 0 saturated carbocycles. The van der Waals surface area contributed by atoms with Crippen molar-refractivity contribution >= 4 is 0 Å². The summed E-state index contributed by atoms with van der Waals surface area (Å²) in [6, 6.07) is 0. The van der Waals surface area contributed by atoms with Crippen molar-refractivity contribution in [1.82, 2.24) is 0 Å². The minimum absolute atomic E-state index is 0. The molecule has 0 nitrogen and oxygen atoms in total. The van der Waals surface area contributed by atoms with Crippen LogP contribution < -0.4 is 24.0 Å². The molecule has 0 amide bonds. The molecular weight excluding hydrogens is 306 g/mol. The van der Waals surface area contributed by atoms with Crippen LogP contribution in [-0.4, -0.2) is 0 Å². The molecule has 2 heteroatoms. The molecule has 0 aromatic heterocycles. The van der Waals surface area contributed by atoms with Gasteiger partial charge in [0.2, 0.25) is 0 Å². The van der Waals surface area contributed by atoms with E-state index in [1.165, 1.54) is 0 Å². The summed E-state index contributed by atoms with van der Waals surface area (Å²) in [5, 5.41) is 0. The van der Waals surface area contributed by atoms with Crippen LogP contribution in [0.1, 0.15) is 12.8 Å². The number of hydrogen-bond acceptors (Lipinski definition) is 0. The van der Waals surface area contributed by atoms with Crippen molar-refractivity contribution in [3.63, 3.8) is 0 Å². The van der Waals surface area contributed by atoms with Crippen molar-refractivity contribution in [3.8, 4) is 0 Å². The topological polar surface area (TPSA) is 0 Å². The maximum absolute atomic E-state index is 2.99. The first-order valence-electron chi connectivity index (χ1n) is 3.43. The van der Waals surface area contributed by atoms with Crippen LogP contribution in [0.25, 0.3) is 0 Å². The second-order valence-electron chi connectivity index (χ2n) is 2.01. The Hall–Kier alpha value is 0.196. The Morgan fingerprint density at radius 3 is 1.33 bits per heavy atom. The molecule has 0 spiro atoms. The number of rotatable bonds is 0. The SMILES string of the molecule is [C-]1=CC=CC1.[C-]1=CC=CC1.[Co+2].[I-]. The minimum atomic E-state index is 0. The van der Waals surface area contributed by atoms with Gasteiger partial charge in [-0.1, -0.05) is 0 Å². The van der Waals surface area contributed by atoms with Gasteiger partial charge in [-0.2, -0.15) is 12.2 Å². The van der Waals surface area contributed by atoms with E-state index in [9.17, 15) is 0 Å². The molecule has 0 heterocycles. The van der Waals surface area contributed by atoms with E-state index in [0.29, 0.717) is 0 Å². The van der Waals surface area contributed by atoms with Gasteiger partial charge in [-0.3, -0.25) is 12.2 Å². The van der Waals surface area contributed by atoms with Crippen molar-refractivity contribution in [3.05, 3.63) is 48.6 Å². The van der Waals surface area contributed by atoms with Gasteiger partial charge in [-0.05, 0) is 0 Å². The number of halogens is 1. The molecule has 67 valence electrons. The van der Waals surface area contributed by atoms with E-state index < -0.39 is 0 Å². The predicted octanol–water partition coefficient (Wildman–Crippen LogP) is -0.387. The van der Waals surface area contributed by atoms with Crippen LogP contribution in [0.2, 0.25) is 0 Å². The van der Waals surface area contributed by atoms with E-state index in [2.05, 4.69) is 24.3 Å². The number of allylic oxidation sites excluding steroid dienone is 8. The zero-order valence-electron chi connectivity index (χ0n) is 6.59. The third kappa shape index (κ3) is 8.29. The van der Waals surface area contributed by atoms with E-state index in [4.69, 9.17) is 0 Å². The first-order chi connectivity index (χ1) is 5.00. The van der Waals surface area contributed by atoms with E-state index in [0.717, 1.165) is 12.8 Å². The molecule has 0 N–H and O–H groups in total. The molecular formula is C10H10CoI-. The molecule has 2 aliphatic carbocycles. The van der Waals surface area contributed by atoms with Crippen LogP contribution in [-0.2, 0) is 16.8 Å². The van der Waals surface area contributed by atoms with Gasteiger partial charge in [0, 0.05) is 0 Å². The van der Waals surface area contributed by atoms with Crippen molar-refractivity contribution < 1.29 is 40.8 Å². The monoisotopic (exact) mass is 316 g/mol. The van der Waals surface area contributed by atoms with Gasteiger partial charge in [0.25, 0.3) is 0 Å². The van der Waals surface area contributed by atoms with Gasteiger partial charge in [-0.25, -0.2) is 24.3 Å². The molecule has 0 saturated heterocycles. The molecule has 1 radical (unpaired) electrons. The Morgan fingerprint density at radius 2 is 1.25 bits per heavy atom. The summed E-state index contributed by atoms with van der Waals surface area (Å²) in [4.78, 5) is 0. The van der Waals surface area contributed by atoms with Crippen LogP contribution in [0.4, 0.5) is 0 Å².